The van der Waals surface area contributed by atoms with Gasteiger partial charge in [-0.25, -0.2) is 0 Å². The standard InChI is InChI=1S/C18H19N5/c1-14-9-15(11-19-10-14)12-22-7-8-23-17(13-22)20-21-18(23)16-5-3-2-4-6-16/h2-6,9-11H,7-8,12-13H2,1H3. The Labute approximate surface area is 135 Å². The van der Waals surface area contributed by atoms with Gasteiger partial charge >= 0.3 is 0 Å². The SMILES string of the molecule is Cc1cncc(CN2CCn3c(nnc3-c3ccccc3)C2)c1. The molecule has 116 valence electrons. The maximum atomic E-state index is 4.40. The average Bonchev–Trinajstić information content (AvgIpc) is 2.99. The van der Waals surface area contributed by atoms with Gasteiger partial charge in [0.1, 0.15) is 5.82 Å². The van der Waals surface area contributed by atoms with Gasteiger partial charge in [-0.05, 0) is 18.1 Å². The molecule has 2 aromatic heterocycles. The summed E-state index contributed by atoms with van der Waals surface area (Å²) >= 11 is 0. The first-order valence-corrected chi connectivity index (χ1v) is 7.90. The lowest BCUT2D eigenvalue weighted by molar-refractivity contribution is 0.209. The third-order valence-corrected chi connectivity index (χ3v) is 4.20. The Bertz CT molecular complexity index is 809. The van der Waals surface area contributed by atoms with Crippen LogP contribution >= 0.6 is 0 Å². The molecular formula is C18H19N5. The van der Waals surface area contributed by atoms with Gasteiger partial charge in [-0.1, -0.05) is 36.4 Å². The van der Waals surface area contributed by atoms with E-state index < -0.39 is 0 Å². The van der Waals surface area contributed by atoms with Crippen LogP contribution < -0.4 is 0 Å². The molecule has 1 aliphatic rings. The number of rotatable bonds is 3. The summed E-state index contributed by atoms with van der Waals surface area (Å²) in [4.78, 5) is 6.68. The van der Waals surface area contributed by atoms with Crippen LogP contribution in [0, 0.1) is 6.92 Å². The highest BCUT2D eigenvalue weighted by Crippen LogP contribution is 2.22. The topological polar surface area (TPSA) is 46.8 Å². The molecule has 1 aliphatic heterocycles. The molecule has 3 aromatic rings. The van der Waals surface area contributed by atoms with E-state index in [1.165, 1.54) is 11.1 Å². The molecule has 0 fully saturated rings. The lowest BCUT2D eigenvalue weighted by Gasteiger charge is -2.27. The number of fused-ring (bicyclic) bond motifs is 1. The van der Waals surface area contributed by atoms with E-state index in [1.807, 2.05) is 30.6 Å². The van der Waals surface area contributed by atoms with Crippen molar-refractivity contribution in [1.29, 1.82) is 0 Å². The first kappa shape index (κ1) is 14.1. The quantitative estimate of drug-likeness (QED) is 0.746. The van der Waals surface area contributed by atoms with E-state index in [0.29, 0.717) is 0 Å². The summed E-state index contributed by atoms with van der Waals surface area (Å²) in [5, 5.41) is 8.80. The van der Waals surface area contributed by atoms with Crippen molar-refractivity contribution in [2.24, 2.45) is 0 Å². The zero-order chi connectivity index (χ0) is 15.6. The molecule has 0 saturated carbocycles. The normalized spacial score (nSPS) is 14.7. The fourth-order valence-corrected chi connectivity index (χ4v) is 3.11. The summed E-state index contributed by atoms with van der Waals surface area (Å²) in [5.41, 5.74) is 3.58. The smallest absolute Gasteiger partial charge is 0.164 e. The molecule has 0 bridgehead atoms. The van der Waals surface area contributed by atoms with Crippen molar-refractivity contribution in [2.45, 2.75) is 26.6 Å². The number of pyridine rings is 1. The zero-order valence-corrected chi connectivity index (χ0v) is 13.2. The largest absolute Gasteiger partial charge is 0.309 e. The van der Waals surface area contributed by atoms with Gasteiger partial charge in [0.2, 0.25) is 0 Å². The zero-order valence-electron chi connectivity index (χ0n) is 13.2. The highest BCUT2D eigenvalue weighted by molar-refractivity contribution is 5.55. The Morgan fingerprint density at radius 3 is 2.74 bits per heavy atom. The van der Waals surface area contributed by atoms with Gasteiger partial charge in [0, 0.05) is 37.6 Å². The van der Waals surface area contributed by atoms with Crippen LogP contribution in [0.5, 0.6) is 0 Å². The second kappa shape index (κ2) is 5.93. The van der Waals surface area contributed by atoms with E-state index in [2.05, 4.69) is 49.8 Å². The van der Waals surface area contributed by atoms with Gasteiger partial charge in [-0.3, -0.25) is 9.88 Å². The molecule has 3 heterocycles. The third-order valence-electron chi connectivity index (χ3n) is 4.20. The number of aromatic nitrogens is 4. The molecule has 0 radical (unpaired) electrons. The van der Waals surface area contributed by atoms with Crippen molar-refractivity contribution in [3.63, 3.8) is 0 Å². The van der Waals surface area contributed by atoms with Crippen molar-refractivity contribution in [2.75, 3.05) is 6.54 Å². The molecule has 0 amide bonds. The van der Waals surface area contributed by atoms with Crippen molar-refractivity contribution < 1.29 is 0 Å². The molecule has 0 unspecified atom stereocenters. The van der Waals surface area contributed by atoms with Crippen LogP contribution in [-0.4, -0.2) is 31.2 Å². The molecule has 0 saturated heterocycles. The van der Waals surface area contributed by atoms with E-state index in [9.17, 15) is 0 Å². The molecule has 5 nitrogen and oxygen atoms in total. The van der Waals surface area contributed by atoms with Crippen LogP contribution in [0.1, 0.15) is 17.0 Å². The van der Waals surface area contributed by atoms with Crippen molar-refractivity contribution in [1.82, 2.24) is 24.6 Å². The Hall–Kier alpha value is -2.53. The van der Waals surface area contributed by atoms with Crippen LogP contribution in [0.2, 0.25) is 0 Å². The van der Waals surface area contributed by atoms with Crippen LogP contribution in [0.25, 0.3) is 11.4 Å². The lowest BCUT2D eigenvalue weighted by atomic mass is 10.2. The number of nitrogens with zero attached hydrogens (tertiary/aromatic N) is 5. The Kier molecular flexibility index (Phi) is 3.63. The van der Waals surface area contributed by atoms with Crippen molar-refractivity contribution in [3.05, 3.63) is 65.7 Å². The van der Waals surface area contributed by atoms with Crippen LogP contribution in [0.4, 0.5) is 0 Å². The van der Waals surface area contributed by atoms with Crippen molar-refractivity contribution >= 4 is 0 Å². The monoisotopic (exact) mass is 305 g/mol. The summed E-state index contributed by atoms with van der Waals surface area (Å²) < 4.78 is 2.24. The molecule has 5 heteroatoms. The van der Waals surface area contributed by atoms with Gasteiger partial charge < -0.3 is 4.57 Å². The predicted molar refractivity (Wildman–Crippen MR) is 88.5 cm³/mol. The molecule has 0 N–H and O–H groups in total. The summed E-state index contributed by atoms with van der Waals surface area (Å²) in [6.45, 7) is 5.73. The maximum absolute atomic E-state index is 4.40. The second-order valence-electron chi connectivity index (χ2n) is 6.04. The van der Waals surface area contributed by atoms with Gasteiger partial charge in [0.15, 0.2) is 5.82 Å². The fraction of sp³-hybridized carbons (Fsp3) is 0.278. The summed E-state index contributed by atoms with van der Waals surface area (Å²) in [5.74, 6) is 2.01. The molecule has 1 aromatic carbocycles. The number of hydrogen-bond donors (Lipinski definition) is 0. The van der Waals surface area contributed by atoms with Crippen LogP contribution in [-0.2, 0) is 19.6 Å². The average molecular weight is 305 g/mol. The number of benzene rings is 1. The molecule has 4 rings (SSSR count). The molecular weight excluding hydrogens is 286 g/mol. The number of aryl methyl sites for hydroxylation is 1. The van der Waals surface area contributed by atoms with Gasteiger partial charge in [0.05, 0.1) is 6.54 Å². The first-order chi connectivity index (χ1) is 11.3. The minimum Gasteiger partial charge on any atom is -0.309 e. The summed E-state index contributed by atoms with van der Waals surface area (Å²) in [6.07, 6.45) is 3.84. The molecule has 23 heavy (non-hydrogen) atoms. The Morgan fingerprint density at radius 2 is 1.91 bits per heavy atom. The number of hydrogen-bond acceptors (Lipinski definition) is 4. The third kappa shape index (κ3) is 2.87. The Morgan fingerprint density at radius 1 is 1.04 bits per heavy atom. The van der Waals surface area contributed by atoms with E-state index in [0.717, 1.165) is 43.4 Å². The first-order valence-electron chi connectivity index (χ1n) is 7.90. The minimum absolute atomic E-state index is 0.827. The molecule has 0 spiro atoms. The highest BCUT2D eigenvalue weighted by atomic mass is 15.3. The van der Waals surface area contributed by atoms with E-state index in [-0.39, 0.29) is 0 Å². The molecule has 0 atom stereocenters. The summed E-state index contributed by atoms with van der Waals surface area (Å²) in [7, 11) is 0. The van der Waals surface area contributed by atoms with E-state index >= 15 is 0 Å². The van der Waals surface area contributed by atoms with E-state index in [4.69, 9.17) is 0 Å². The van der Waals surface area contributed by atoms with Crippen LogP contribution in [0.3, 0.4) is 0 Å². The van der Waals surface area contributed by atoms with Crippen molar-refractivity contribution in [3.8, 4) is 11.4 Å². The van der Waals surface area contributed by atoms with E-state index in [1.54, 1.807) is 0 Å². The van der Waals surface area contributed by atoms with Crippen LogP contribution in [0.15, 0.2) is 48.8 Å². The second-order valence-corrected chi connectivity index (χ2v) is 6.04. The van der Waals surface area contributed by atoms with Gasteiger partial charge in [-0.2, -0.15) is 0 Å². The molecule has 0 aliphatic carbocycles. The highest BCUT2D eigenvalue weighted by Gasteiger charge is 2.21. The maximum Gasteiger partial charge on any atom is 0.164 e. The Balaban J connectivity index is 1.53. The fourth-order valence-electron chi connectivity index (χ4n) is 3.11. The van der Waals surface area contributed by atoms with Gasteiger partial charge in [0.25, 0.3) is 0 Å². The predicted octanol–water partition coefficient (Wildman–Crippen LogP) is 2.66. The van der Waals surface area contributed by atoms with Gasteiger partial charge in [-0.15, -0.1) is 10.2 Å². The minimum atomic E-state index is 0.827. The summed E-state index contributed by atoms with van der Waals surface area (Å²) in [6, 6.07) is 12.5. The lowest BCUT2D eigenvalue weighted by Crippen LogP contribution is -2.33.